The molecule has 0 aliphatic heterocycles. The third-order valence-corrected chi connectivity index (χ3v) is 1.97. The molecule has 90 valence electrons. The number of benzene rings is 1. The van der Waals surface area contributed by atoms with E-state index in [4.69, 9.17) is 10.5 Å². The van der Waals surface area contributed by atoms with Crippen molar-refractivity contribution >= 4 is 24.0 Å². The van der Waals surface area contributed by atoms with Crippen LogP contribution in [0.2, 0.25) is 0 Å². The van der Waals surface area contributed by atoms with Gasteiger partial charge >= 0.3 is 0 Å². The summed E-state index contributed by atoms with van der Waals surface area (Å²) < 4.78 is 4.92. The Bertz CT molecular complexity index is 327. The highest BCUT2D eigenvalue weighted by Crippen LogP contribution is 2.05. The molecule has 1 rings (SSSR count). The number of anilines is 1. The summed E-state index contributed by atoms with van der Waals surface area (Å²) in [7, 11) is 1.60. The second-order valence-electron chi connectivity index (χ2n) is 3.45. The van der Waals surface area contributed by atoms with Gasteiger partial charge in [0.05, 0.1) is 6.61 Å². The lowest BCUT2D eigenvalue weighted by molar-refractivity contribution is 0.0905. The van der Waals surface area contributed by atoms with Gasteiger partial charge in [-0.15, -0.1) is 12.4 Å². The Hall–Kier alpha value is -1.26. The van der Waals surface area contributed by atoms with Crippen LogP contribution in [-0.4, -0.2) is 25.7 Å². The fourth-order valence-electron chi connectivity index (χ4n) is 1.23. The highest BCUT2D eigenvalue weighted by atomic mass is 35.5. The summed E-state index contributed by atoms with van der Waals surface area (Å²) >= 11 is 0. The van der Waals surface area contributed by atoms with Crippen molar-refractivity contribution in [2.45, 2.75) is 13.0 Å². The van der Waals surface area contributed by atoms with Crippen LogP contribution in [0.15, 0.2) is 24.3 Å². The zero-order valence-electron chi connectivity index (χ0n) is 9.40. The molecule has 5 heteroatoms. The predicted molar refractivity (Wildman–Crippen MR) is 66.9 cm³/mol. The third-order valence-electron chi connectivity index (χ3n) is 1.97. The van der Waals surface area contributed by atoms with E-state index in [9.17, 15) is 4.79 Å². The molecule has 0 fully saturated rings. The Kier molecular flexibility index (Phi) is 6.53. The van der Waals surface area contributed by atoms with E-state index in [-0.39, 0.29) is 24.4 Å². The van der Waals surface area contributed by atoms with Crippen LogP contribution in [0.3, 0.4) is 0 Å². The van der Waals surface area contributed by atoms with Gasteiger partial charge in [0.2, 0.25) is 0 Å². The summed E-state index contributed by atoms with van der Waals surface area (Å²) in [6, 6.07) is 6.81. The Morgan fingerprint density at radius 1 is 1.44 bits per heavy atom. The standard InChI is InChI=1S/C11H16N2O2.ClH/c1-8(7-15-2)13-11(14)9-3-5-10(12)6-4-9;/h3-6,8H,7,12H2,1-2H3,(H,13,14);1H/t8-;/m1./s1. The van der Waals surface area contributed by atoms with Gasteiger partial charge in [-0.3, -0.25) is 4.79 Å². The molecule has 1 atom stereocenters. The van der Waals surface area contributed by atoms with Gasteiger partial charge in [-0.25, -0.2) is 0 Å². The highest BCUT2D eigenvalue weighted by Gasteiger charge is 2.08. The third kappa shape index (κ3) is 4.51. The Balaban J connectivity index is 0.00000225. The molecule has 0 spiro atoms. The average molecular weight is 245 g/mol. The number of halogens is 1. The number of nitrogens with one attached hydrogen (secondary N) is 1. The van der Waals surface area contributed by atoms with Gasteiger partial charge < -0.3 is 15.8 Å². The van der Waals surface area contributed by atoms with Crippen molar-refractivity contribution in [2.24, 2.45) is 0 Å². The lowest BCUT2D eigenvalue weighted by Crippen LogP contribution is -2.35. The molecule has 0 aromatic heterocycles. The van der Waals surface area contributed by atoms with Crippen LogP contribution >= 0.6 is 12.4 Å². The van der Waals surface area contributed by atoms with Crippen molar-refractivity contribution in [2.75, 3.05) is 19.5 Å². The fraction of sp³-hybridized carbons (Fsp3) is 0.364. The number of methoxy groups -OCH3 is 1. The van der Waals surface area contributed by atoms with Gasteiger partial charge in [0.1, 0.15) is 0 Å². The smallest absolute Gasteiger partial charge is 0.251 e. The van der Waals surface area contributed by atoms with E-state index in [2.05, 4.69) is 5.32 Å². The van der Waals surface area contributed by atoms with E-state index in [1.165, 1.54) is 0 Å². The molecular formula is C11H17ClN2O2. The van der Waals surface area contributed by atoms with Gasteiger partial charge in [0, 0.05) is 24.4 Å². The summed E-state index contributed by atoms with van der Waals surface area (Å²) in [5, 5.41) is 2.81. The second-order valence-corrected chi connectivity index (χ2v) is 3.45. The Morgan fingerprint density at radius 3 is 2.50 bits per heavy atom. The van der Waals surface area contributed by atoms with Crippen molar-refractivity contribution in [3.8, 4) is 0 Å². The summed E-state index contributed by atoms with van der Waals surface area (Å²) in [6.07, 6.45) is 0. The minimum absolute atomic E-state index is 0. The van der Waals surface area contributed by atoms with E-state index in [1.807, 2.05) is 6.92 Å². The van der Waals surface area contributed by atoms with E-state index in [1.54, 1.807) is 31.4 Å². The van der Waals surface area contributed by atoms with Crippen LogP contribution in [0.25, 0.3) is 0 Å². The largest absolute Gasteiger partial charge is 0.399 e. The Labute approximate surface area is 102 Å². The van der Waals surface area contributed by atoms with Crippen molar-refractivity contribution in [1.29, 1.82) is 0 Å². The molecule has 16 heavy (non-hydrogen) atoms. The molecule has 3 N–H and O–H groups in total. The maximum absolute atomic E-state index is 11.6. The van der Waals surface area contributed by atoms with Crippen LogP contribution in [0.5, 0.6) is 0 Å². The van der Waals surface area contributed by atoms with Crippen LogP contribution in [-0.2, 0) is 4.74 Å². The maximum Gasteiger partial charge on any atom is 0.251 e. The van der Waals surface area contributed by atoms with Crippen LogP contribution in [0.4, 0.5) is 5.69 Å². The van der Waals surface area contributed by atoms with Crippen molar-refractivity contribution in [3.63, 3.8) is 0 Å². The fourth-order valence-corrected chi connectivity index (χ4v) is 1.23. The van der Waals surface area contributed by atoms with E-state index < -0.39 is 0 Å². The van der Waals surface area contributed by atoms with Crippen molar-refractivity contribution < 1.29 is 9.53 Å². The van der Waals surface area contributed by atoms with Gasteiger partial charge in [-0.1, -0.05) is 0 Å². The number of nitrogens with two attached hydrogens (primary N) is 1. The van der Waals surface area contributed by atoms with Gasteiger partial charge in [0.25, 0.3) is 5.91 Å². The van der Waals surface area contributed by atoms with E-state index in [0.29, 0.717) is 17.9 Å². The summed E-state index contributed by atoms with van der Waals surface area (Å²) in [6.45, 7) is 2.39. The average Bonchev–Trinajstić information content (AvgIpc) is 2.18. The number of hydrogen-bond donors (Lipinski definition) is 2. The molecule has 0 bridgehead atoms. The monoisotopic (exact) mass is 244 g/mol. The first-order valence-corrected chi connectivity index (χ1v) is 4.79. The van der Waals surface area contributed by atoms with Gasteiger partial charge in [-0.2, -0.15) is 0 Å². The molecule has 4 nitrogen and oxygen atoms in total. The molecule has 1 aromatic rings. The minimum atomic E-state index is -0.112. The Morgan fingerprint density at radius 2 is 2.00 bits per heavy atom. The van der Waals surface area contributed by atoms with Crippen LogP contribution in [0.1, 0.15) is 17.3 Å². The van der Waals surface area contributed by atoms with Gasteiger partial charge in [-0.05, 0) is 31.2 Å². The molecule has 0 saturated carbocycles. The molecule has 1 amide bonds. The number of nitrogen functional groups attached to an aromatic ring is 1. The summed E-state index contributed by atoms with van der Waals surface area (Å²) in [5.41, 5.74) is 6.78. The first-order valence-electron chi connectivity index (χ1n) is 4.79. The lowest BCUT2D eigenvalue weighted by Gasteiger charge is -2.12. The number of hydrogen-bond acceptors (Lipinski definition) is 3. The molecule has 0 saturated heterocycles. The molecule has 1 aromatic carbocycles. The normalized spacial score (nSPS) is 11.4. The molecular weight excluding hydrogens is 228 g/mol. The number of rotatable bonds is 4. The molecule has 0 radical (unpaired) electrons. The second kappa shape index (κ2) is 7.09. The molecule has 0 aliphatic carbocycles. The summed E-state index contributed by atoms with van der Waals surface area (Å²) in [4.78, 5) is 11.6. The van der Waals surface area contributed by atoms with E-state index in [0.717, 1.165) is 0 Å². The topological polar surface area (TPSA) is 64.3 Å². The predicted octanol–water partition coefficient (Wildman–Crippen LogP) is 1.46. The SMILES string of the molecule is COC[C@@H](C)NC(=O)c1ccc(N)cc1.Cl. The number of carbonyl (C=O) groups is 1. The van der Waals surface area contributed by atoms with E-state index >= 15 is 0 Å². The van der Waals surface area contributed by atoms with Crippen molar-refractivity contribution in [1.82, 2.24) is 5.32 Å². The van der Waals surface area contributed by atoms with Crippen LogP contribution < -0.4 is 11.1 Å². The first-order chi connectivity index (χ1) is 7.13. The minimum Gasteiger partial charge on any atom is -0.399 e. The number of carbonyl (C=O) groups excluding carboxylic acids is 1. The zero-order chi connectivity index (χ0) is 11.3. The maximum atomic E-state index is 11.6. The van der Waals surface area contributed by atoms with Crippen molar-refractivity contribution in [3.05, 3.63) is 29.8 Å². The zero-order valence-corrected chi connectivity index (χ0v) is 10.2. The summed E-state index contributed by atoms with van der Waals surface area (Å²) in [5.74, 6) is -0.112. The van der Waals surface area contributed by atoms with Gasteiger partial charge in [0.15, 0.2) is 0 Å². The quantitative estimate of drug-likeness (QED) is 0.788. The molecule has 0 unspecified atom stereocenters. The molecule has 0 heterocycles. The highest BCUT2D eigenvalue weighted by molar-refractivity contribution is 5.94. The lowest BCUT2D eigenvalue weighted by atomic mass is 10.2. The van der Waals surface area contributed by atoms with Crippen LogP contribution in [0, 0.1) is 0 Å². The number of ether oxygens (including phenoxy) is 1. The number of amides is 1. The first kappa shape index (κ1) is 14.7. The molecule has 0 aliphatic rings.